The maximum Gasteiger partial charge on any atom is 0.408 e. The van der Waals surface area contributed by atoms with E-state index in [1.807, 2.05) is 0 Å². The maximum absolute atomic E-state index is 12.0. The summed E-state index contributed by atoms with van der Waals surface area (Å²) in [6, 6.07) is 7.33. The zero-order valence-electron chi connectivity index (χ0n) is 13.3. The minimum Gasteiger partial charge on any atom is -0.481 e. The third-order valence-electron chi connectivity index (χ3n) is 2.95. The van der Waals surface area contributed by atoms with Gasteiger partial charge < -0.3 is 20.3 Å². The van der Waals surface area contributed by atoms with Gasteiger partial charge in [-0.15, -0.1) is 0 Å². The Morgan fingerprint density at radius 2 is 1.70 bits per heavy atom. The molecule has 0 aliphatic rings. The Morgan fingerprint density at radius 3 is 2.13 bits per heavy atom. The van der Waals surface area contributed by atoms with Crippen LogP contribution in [-0.2, 0) is 14.3 Å². The van der Waals surface area contributed by atoms with Crippen molar-refractivity contribution in [1.82, 2.24) is 5.32 Å². The van der Waals surface area contributed by atoms with Crippen molar-refractivity contribution in [1.29, 1.82) is 0 Å². The number of carboxylic acid groups (broad SMARTS) is 2. The van der Waals surface area contributed by atoms with Crippen LogP contribution >= 0.6 is 0 Å². The molecule has 1 unspecified atom stereocenters. The predicted molar refractivity (Wildman–Crippen MR) is 81.9 cm³/mol. The van der Waals surface area contributed by atoms with E-state index in [9.17, 15) is 19.5 Å². The van der Waals surface area contributed by atoms with E-state index in [2.05, 4.69) is 5.32 Å². The van der Waals surface area contributed by atoms with Gasteiger partial charge in [-0.3, -0.25) is 9.59 Å². The second-order valence-corrected chi connectivity index (χ2v) is 6.08. The molecule has 0 radical (unpaired) electrons. The lowest BCUT2D eigenvalue weighted by atomic mass is 9.90. The van der Waals surface area contributed by atoms with Crippen molar-refractivity contribution in [2.24, 2.45) is 5.92 Å². The van der Waals surface area contributed by atoms with Crippen LogP contribution < -0.4 is 5.32 Å². The van der Waals surface area contributed by atoms with Gasteiger partial charge in [-0.25, -0.2) is 4.79 Å². The van der Waals surface area contributed by atoms with E-state index in [4.69, 9.17) is 9.84 Å². The van der Waals surface area contributed by atoms with Crippen LogP contribution in [-0.4, -0.2) is 33.8 Å². The second-order valence-electron chi connectivity index (χ2n) is 6.08. The minimum absolute atomic E-state index is 0.493. The van der Waals surface area contributed by atoms with Crippen molar-refractivity contribution in [2.45, 2.75) is 38.8 Å². The number of amides is 1. The highest BCUT2D eigenvalue weighted by atomic mass is 16.6. The Kier molecular flexibility index (Phi) is 6.12. The number of carbonyl (C=O) groups is 3. The average Bonchev–Trinajstić information content (AvgIpc) is 2.41. The first-order chi connectivity index (χ1) is 10.6. The molecule has 1 aromatic carbocycles. The molecule has 0 aliphatic carbocycles. The van der Waals surface area contributed by atoms with Crippen LogP contribution in [0.3, 0.4) is 0 Å². The second kappa shape index (κ2) is 7.62. The number of benzene rings is 1. The van der Waals surface area contributed by atoms with E-state index < -0.39 is 42.0 Å². The third kappa shape index (κ3) is 6.37. The zero-order chi connectivity index (χ0) is 17.6. The smallest absolute Gasteiger partial charge is 0.408 e. The molecule has 0 fully saturated rings. The van der Waals surface area contributed by atoms with Crippen molar-refractivity contribution in [3.05, 3.63) is 35.9 Å². The number of rotatable bonds is 6. The van der Waals surface area contributed by atoms with Gasteiger partial charge in [-0.2, -0.15) is 0 Å². The topological polar surface area (TPSA) is 113 Å². The lowest BCUT2D eigenvalue weighted by molar-refractivity contribution is -0.149. The van der Waals surface area contributed by atoms with Gasteiger partial charge in [0.15, 0.2) is 0 Å². The van der Waals surface area contributed by atoms with Gasteiger partial charge >= 0.3 is 18.0 Å². The third-order valence-corrected chi connectivity index (χ3v) is 2.95. The van der Waals surface area contributed by atoms with Gasteiger partial charge in [-0.1, -0.05) is 30.3 Å². The molecule has 0 aliphatic heterocycles. The molecule has 0 saturated heterocycles. The van der Waals surface area contributed by atoms with E-state index in [0.717, 1.165) is 0 Å². The summed E-state index contributed by atoms with van der Waals surface area (Å²) >= 11 is 0. The van der Waals surface area contributed by atoms with E-state index in [1.54, 1.807) is 51.1 Å². The van der Waals surface area contributed by atoms with Crippen LogP contribution in [0.2, 0.25) is 0 Å². The normalized spacial score (nSPS) is 13.7. The molecule has 0 heterocycles. The van der Waals surface area contributed by atoms with Crippen molar-refractivity contribution in [2.75, 3.05) is 0 Å². The van der Waals surface area contributed by atoms with Crippen LogP contribution in [0, 0.1) is 5.92 Å². The molecule has 1 amide bonds. The Balaban J connectivity index is 3.08. The average molecular weight is 323 g/mol. The summed E-state index contributed by atoms with van der Waals surface area (Å²) < 4.78 is 5.13. The summed E-state index contributed by atoms with van der Waals surface area (Å²) in [5, 5.41) is 20.8. The molecular formula is C16H21NO6. The Hall–Kier alpha value is -2.57. The van der Waals surface area contributed by atoms with Crippen molar-refractivity contribution < 1.29 is 29.3 Å². The first-order valence-corrected chi connectivity index (χ1v) is 7.09. The molecule has 0 aromatic heterocycles. The predicted octanol–water partition coefficient (Wildman–Crippen LogP) is 2.43. The number of alkyl carbamates (subject to hydrolysis) is 1. The molecule has 7 heteroatoms. The largest absolute Gasteiger partial charge is 0.481 e. The number of carboxylic acids is 2. The summed E-state index contributed by atoms with van der Waals surface area (Å²) in [6.07, 6.45) is -1.42. The molecule has 7 nitrogen and oxygen atoms in total. The van der Waals surface area contributed by atoms with Crippen molar-refractivity contribution in [3.8, 4) is 0 Å². The van der Waals surface area contributed by atoms with Gasteiger partial charge in [0, 0.05) is 0 Å². The highest BCUT2D eigenvalue weighted by Crippen LogP contribution is 2.26. The quantitative estimate of drug-likeness (QED) is 0.741. The summed E-state index contributed by atoms with van der Waals surface area (Å²) in [4.78, 5) is 34.4. The molecule has 1 aromatic rings. The Morgan fingerprint density at radius 1 is 1.13 bits per heavy atom. The number of carbonyl (C=O) groups excluding carboxylic acids is 1. The highest BCUT2D eigenvalue weighted by molar-refractivity contribution is 5.79. The number of aliphatic carboxylic acids is 2. The number of nitrogens with one attached hydrogen (secondary N) is 1. The summed E-state index contributed by atoms with van der Waals surface area (Å²) in [5.41, 5.74) is -0.261. The van der Waals surface area contributed by atoms with Gasteiger partial charge in [0.1, 0.15) is 5.60 Å². The monoisotopic (exact) mass is 323 g/mol. The van der Waals surface area contributed by atoms with Crippen LogP contribution in [0.25, 0.3) is 0 Å². The van der Waals surface area contributed by atoms with Crippen LogP contribution in [0.5, 0.6) is 0 Å². The van der Waals surface area contributed by atoms with E-state index in [-0.39, 0.29) is 0 Å². The molecule has 1 rings (SSSR count). The van der Waals surface area contributed by atoms with E-state index >= 15 is 0 Å². The lowest BCUT2D eigenvalue weighted by Crippen LogP contribution is -2.40. The molecular weight excluding hydrogens is 302 g/mol. The molecule has 3 N–H and O–H groups in total. The maximum atomic E-state index is 12.0. The van der Waals surface area contributed by atoms with Gasteiger partial charge in [-0.05, 0) is 26.3 Å². The lowest BCUT2D eigenvalue weighted by Gasteiger charge is -2.27. The fourth-order valence-electron chi connectivity index (χ4n) is 2.05. The fraction of sp³-hybridized carbons (Fsp3) is 0.438. The van der Waals surface area contributed by atoms with Crippen LogP contribution in [0.15, 0.2) is 30.3 Å². The van der Waals surface area contributed by atoms with Crippen LogP contribution in [0.4, 0.5) is 4.79 Å². The van der Waals surface area contributed by atoms with Gasteiger partial charge in [0.05, 0.1) is 18.4 Å². The molecule has 0 bridgehead atoms. The number of hydrogen-bond donors (Lipinski definition) is 3. The Labute approximate surface area is 134 Å². The summed E-state index contributed by atoms with van der Waals surface area (Å²) in [5.74, 6) is -3.89. The zero-order valence-corrected chi connectivity index (χ0v) is 13.3. The van der Waals surface area contributed by atoms with Gasteiger partial charge in [0.25, 0.3) is 0 Å². The van der Waals surface area contributed by atoms with E-state index in [1.165, 1.54) is 0 Å². The number of hydrogen-bond acceptors (Lipinski definition) is 4. The fourth-order valence-corrected chi connectivity index (χ4v) is 2.05. The van der Waals surface area contributed by atoms with Crippen molar-refractivity contribution in [3.63, 3.8) is 0 Å². The SMILES string of the molecule is CC(C)(C)OC(=O)N[C@@H](c1ccccc1)C(CC(=O)O)C(=O)O. The molecule has 2 atom stereocenters. The first-order valence-electron chi connectivity index (χ1n) is 7.09. The highest BCUT2D eigenvalue weighted by Gasteiger charge is 2.33. The molecule has 23 heavy (non-hydrogen) atoms. The first kappa shape index (κ1) is 18.5. The summed E-state index contributed by atoms with van der Waals surface area (Å²) in [7, 11) is 0. The van der Waals surface area contributed by atoms with Gasteiger partial charge in [0.2, 0.25) is 0 Å². The number of ether oxygens (including phenoxy) is 1. The molecule has 126 valence electrons. The van der Waals surface area contributed by atoms with Crippen LogP contribution in [0.1, 0.15) is 38.8 Å². The van der Waals surface area contributed by atoms with E-state index in [0.29, 0.717) is 5.56 Å². The Bertz CT molecular complexity index is 564. The molecule has 0 saturated carbocycles. The summed E-state index contributed by atoms with van der Waals surface area (Å²) in [6.45, 7) is 5.03. The molecule has 0 spiro atoms. The minimum atomic E-state index is -1.32. The van der Waals surface area contributed by atoms with Crippen molar-refractivity contribution >= 4 is 18.0 Å². The standard InChI is InChI=1S/C16H21NO6/c1-16(2,3)23-15(22)17-13(10-7-5-4-6-8-10)11(14(20)21)9-12(18)19/h4-8,11,13H,9H2,1-3H3,(H,17,22)(H,18,19)(H,20,21)/t11?,13-/m0/s1.